The van der Waals surface area contributed by atoms with Crippen molar-refractivity contribution in [3.05, 3.63) is 67.7 Å². The number of nitrogens with zero attached hydrogens (tertiary/aromatic N) is 2. The number of benzene rings is 1. The van der Waals surface area contributed by atoms with Gasteiger partial charge in [0.25, 0.3) is 0 Å². The van der Waals surface area contributed by atoms with Crippen LogP contribution >= 0.6 is 11.3 Å². The van der Waals surface area contributed by atoms with Crippen LogP contribution in [-0.2, 0) is 16.0 Å². The molecule has 1 aromatic carbocycles. The number of carbonyl (C=O) groups excluding carboxylic acids is 1. The highest BCUT2D eigenvalue weighted by Crippen LogP contribution is 2.37. The first-order chi connectivity index (χ1) is 15.5. The SMILES string of the molecule is CC(C)c1csc(Cc2cc3c(cc2F)c(=O)c(/C=C/C(=O)OC(C)(C)C)cn3C2CC2)n1. The van der Waals surface area contributed by atoms with E-state index >= 15 is 4.39 Å². The molecule has 1 aliphatic carbocycles. The van der Waals surface area contributed by atoms with E-state index in [2.05, 4.69) is 18.8 Å². The van der Waals surface area contributed by atoms with Crippen molar-refractivity contribution < 1.29 is 13.9 Å². The third-order valence-corrected chi connectivity index (χ3v) is 6.34. The first-order valence-electron chi connectivity index (χ1n) is 11.2. The molecule has 2 heterocycles. The summed E-state index contributed by atoms with van der Waals surface area (Å²) in [5.41, 5.74) is 1.67. The second-order valence-corrected chi connectivity index (χ2v) is 10.8. The minimum Gasteiger partial charge on any atom is -0.457 e. The molecule has 0 saturated heterocycles. The molecule has 174 valence electrons. The summed E-state index contributed by atoms with van der Waals surface area (Å²) in [6.45, 7) is 9.51. The Hall–Kier alpha value is -2.80. The van der Waals surface area contributed by atoms with E-state index in [0.717, 1.165) is 23.5 Å². The van der Waals surface area contributed by atoms with E-state index in [-0.39, 0.29) is 11.5 Å². The third kappa shape index (κ3) is 5.41. The minimum absolute atomic E-state index is 0.271. The van der Waals surface area contributed by atoms with Gasteiger partial charge in [0.15, 0.2) is 5.43 Å². The number of rotatable bonds is 6. The zero-order valence-corrected chi connectivity index (χ0v) is 20.5. The molecule has 0 spiro atoms. The van der Waals surface area contributed by atoms with Gasteiger partial charge in [-0.2, -0.15) is 0 Å². The molecule has 33 heavy (non-hydrogen) atoms. The highest BCUT2D eigenvalue weighted by molar-refractivity contribution is 7.09. The van der Waals surface area contributed by atoms with Crippen molar-refractivity contribution >= 4 is 34.3 Å². The number of aromatic nitrogens is 2. The maximum Gasteiger partial charge on any atom is 0.331 e. The Morgan fingerprint density at radius 2 is 2.06 bits per heavy atom. The van der Waals surface area contributed by atoms with Crippen LogP contribution in [0.4, 0.5) is 4.39 Å². The summed E-state index contributed by atoms with van der Waals surface area (Å²) in [4.78, 5) is 29.8. The first kappa shape index (κ1) is 23.4. The van der Waals surface area contributed by atoms with Crippen molar-refractivity contribution in [3.63, 3.8) is 0 Å². The van der Waals surface area contributed by atoms with Crippen molar-refractivity contribution in [2.24, 2.45) is 0 Å². The highest BCUT2D eigenvalue weighted by atomic mass is 32.1. The van der Waals surface area contributed by atoms with E-state index in [4.69, 9.17) is 4.74 Å². The number of carbonyl (C=O) groups is 1. The standard InChI is InChI=1S/C26H29FN2O3S/c1-15(2)21-14-33-23(28-21)11-17-10-22-19(12-20(17)27)25(31)16(13-29(22)18-7-8-18)6-9-24(30)32-26(3,4)5/h6,9-10,12-15,18H,7-8,11H2,1-5H3/b9-6+. The molecule has 0 unspecified atom stereocenters. The van der Waals surface area contributed by atoms with Crippen molar-refractivity contribution in [2.75, 3.05) is 0 Å². The molecule has 0 bridgehead atoms. The molecule has 0 amide bonds. The molecular formula is C26H29FN2O3S. The van der Waals surface area contributed by atoms with Gasteiger partial charge in [0, 0.05) is 41.1 Å². The Labute approximate surface area is 196 Å². The summed E-state index contributed by atoms with van der Waals surface area (Å²) in [5, 5.41) is 3.19. The fourth-order valence-electron chi connectivity index (χ4n) is 3.67. The lowest BCUT2D eigenvalue weighted by molar-refractivity contribution is -0.148. The van der Waals surface area contributed by atoms with Gasteiger partial charge in [-0.05, 0) is 63.3 Å². The van der Waals surface area contributed by atoms with Crippen LogP contribution in [0.1, 0.15) is 81.2 Å². The van der Waals surface area contributed by atoms with Crippen molar-refractivity contribution in [1.29, 1.82) is 0 Å². The lowest BCUT2D eigenvalue weighted by Crippen LogP contribution is -2.22. The number of esters is 1. The lowest BCUT2D eigenvalue weighted by atomic mass is 10.0. The van der Waals surface area contributed by atoms with E-state index in [0.29, 0.717) is 34.4 Å². The maximum atomic E-state index is 15.1. The van der Waals surface area contributed by atoms with Crippen LogP contribution in [0.3, 0.4) is 0 Å². The van der Waals surface area contributed by atoms with Crippen LogP contribution in [0.2, 0.25) is 0 Å². The van der Waals surface area contributed by atoms with Gasteiger partial charge in [0.1, 0.15) is 11.4 Å². The molecule has 0 atom stereocenters. The molecule has 3 aromatic rings. The Bertz CT molecular complexity index is 1290. The summed E-state index contributed by atoms with van der Waals surface area (Å²) in [6.07, 6.45) is 6.88. The summed E-state index contributed by atoms with van der Waals surface area (Å²) in [7, 11) is 0. The Morgan fingerprint density at radius 1 is 1.33 bits per heavy atom. The second-order valence-electron chi connectivity index (χ2n) is 9.88. The van der Waals surface area contributed by atoms with Gasteiger partial charge in [-0.15, -0.1) is 11.3 Å². The molecule has 5 nitrogen and oxygen atoms in total. The Balaban J connectivity index is 1.73. The number of ether oxygens (including phenoxy) is 1. The molecule has 1 fully saturated rings. The maximum absolute atomic E-state index is 15.1. The van der Waals surface area contributed by atoms with Gasteiger partial charge in [-0.25, -0.2) is 14.2 Å². The molecule has 7 heteroatoms. The molecule has 0 radical (unpaired) electrons. The van der Waals surface area contributed by atoms with Gasteiger partial charge in [0.05, 0.1) is 16.2 Å². The van der Waals surface area contributed by atoms with Crippen molar-refractivity contribution in [2.45, 2.75) is 71.4 Å². The van der Waals surface area contributed by atoms with Gasteiger partial charge in [-0.3, -0.25) is 4.79 Å². The Kier molecular flexibility index (Phi) is 6.27. The number of thiazole rings is 1. The number of pyridine rings is 1. The molecule has 1 saturated carbocycles. The van der Waals surface area contributed by atoms with Gasteiger partial charge >= 0.3 is 5.97 Å². The number of fused-ring (bicyclic) bond motifs is 1. The minimum atomic E-state index is -0.619. The number of hydrogen-bond acceptors (Lipinski definition) is 5. The fraction of sp³-hybridized carbons (Fsp3) is 0.423. The monoisotopic (exact) mass is 468 g/mol. The van der Waals surface area contributed by atoms with E-state index < -0.39 is 17.4 Å². The number of hydrogen-bond donors (Lipinski definition) is 0. The number of halogens is 1. The summed E-state index contributed by atoms with van der Waals surface area (Å²) in [5.74, 6) is -0.620. The average Bonchev–Trinajstić information content (AvgIpc) is 3.45. The highest BCUT2D eigenvalue weighted by Gasteiger charge is 2.26. The predicted octanol–water partition coefficient (Wildman–Crippen LogP) is 6.00. The van der Waals surface area contributed by atoms with Crippen LogP contribution < -0.4 is 5.43 Å². The zero-order chi connectivity index (χ0) is 23.9. The fourth-order valence-corrected chi connectivity index (χ4v) is 4.65. The van der Waals surface area contributed by atoms with Crippen LogP contribution in [0.5, 0.6) is 0 Å². The van der Waals surface area contributed by atoms with E-state index in [9.17, 15) is 9.59 Å². The molecule has 0 aliphatic heterocycles. The Morgan fingerprint density at radius 3 is 2.67 bits per heavy atom. The smallest absolute Gasteiger partial charge is 0.331 e. The zero-order valence-electron chi connectivity index (χ0n) is 19.6. The third-order valence-electron chi connectivity index (χ3n) is 5.48. The predicted molar refractivity (Wildman–Crippen MR) is 130 cm³/mol. The lowest BCUT2D eigenvalue weighted by Gasteiger charge is -2.18. The van der Waals surface area contributed by atoms with Crippen molar-refractivity contribution in [1.82, 2.24) is 9.55 Å². The molecular weight excluding hydrogens is 439 g/mol. The van der Waals surface area contributed by atoms with Crippen LogP contribution in [-0.4, -0.2) is 21.1 Å². The van der Waals surface area contributed by atoms with Gasteiger partial charge < -0.3 is 9.30 Å². The van der Waals surface area contributed by atoms with Crippen LogP contribution in [0, 0.1) is 5.82 Å². The molecule has 4 rings (SSSR count). The average molecular weight is 469 g/mol. The summed E-state index contributed by atoms with van der Waals surface area (Å²) < 4.78 is 22.4. The molecule has 2 aromatic heterocycles. The van der Waals surface area contributed by atoms with E-state index in [1.165, 1.54) is 29.6 Å². The van der Waals surface area contributed by atoms with Gasteiger partial charge in [0.2, 0.25) is 0 Å². The largest absolute Gasteiger partial charge is 0.457 e. The summed E-state index contributed by atoms with van der Waals surface area (Å²) in [6, 6.07) is 3.38. The molecule has 0 N–H and O–H groups in total. The summed E-state index contributed by atoms with van der Waals surface area (Å²) >= 11 is 1.53. The van der Waals surface area contributed by atoms with Gasteiger partial charge in [-0.1, -0.05) is 13.8 Å². The second kappa shape index (κ2) is 8.86. The quantitative estimate of drug-likeness (QED) is 0.329. The van der Waals surface area contributed by atoms with Crippen LogP contribution in [0.15, 0.2) is 34.6 Å². The van der Waals surface area contributed by atoms with E-state index in [1.807, 2.05) is 9.95 Å². The van der Waals surface area contributed by atoms with Crippen molar-refractivity contribution in [3.8, 4) is 0 Å². The topological polar surface area (TPSA) is 61.2 Å². The van der Waals surface area contributed by atoms with Crippen LogP contribution in [0.25, 0.3) is 17.0 Å². The first-order valence-corrected chi connectivity index (χ1v) is 12.1. The normalized spacial score (nSPS) is 14.5. The molecule has 1 aliphatic rings. The van der Waals surface area contributed by atoms with E-state index in [1.54, 1.807) is 33.0 Å².